The molecule has 0 aliphatic rings. The van der Waals surface area contributed by atoms with E-state index in [1.807, 2.05) is 34.4 Å². The molecule has 3 aromatic carbocycles. The summed E-state index contributed by atoms with van der Waals surface area (Å²) in [6.45, 7) is 15.9. The number of ether oxygens (including phenoxy) is 2. The number of hydrogen-bond donors (Lipinski definition) is 0. The van der Waals surface area contributed by atoms with Crippen LogP contribution in [0.1, 0.15) is 61.4 Å². The molecule has 0 N–H and O–H groups in total. The molecule has 3 rings (SSSR count). The number of methoxy groups -OCH3 is 2. The molecule has 6 nitrogen and oxygen atoms in total. The Morgan fingerprint density at radius 2 is 1.03 bits per heavy atom. The lowest BCUT2D eigenvalue weighted by molar-refractivity contribution is -0.0487. The molecule has 0 heterocycles. The van der Waals surface area contributed by atoms with Crippen LogP contribution in [0, 0.1) is 13.8 Å². The van der Waals surface area contributed by atoms with Crippen LogP contribution in [0.25, 0.3) is 0 Å². The van der Waals surface area contributed by atoms with Crippen molar-refractivity contribution in [2.75, 3.05) is 40.4 Å². The van der Waals surface area contributed by atoms with Gasteiger partial charge in [-0.3, -0.25) is 0 Å². The second-order valence-electron chi connectivity index (χ2n) is 8.99. The van der Waals surface area contributed by atoms with Gasteiger partial charge in [-0.1, -0.05) is 18.2 Å². The molecule has 0 unspecified atom stereocenters. The summed E-state index contributed by atoms with van der Waals surface area (Å²) < 4.78 is 11.4. The van der Waals surface area contributed by atoms with Gasteiger partial charge in [-0.15, -0.1) is 10.1 Å². The van der Waals surface area contributed by atoms with Crippen LogP contribution in [0.4, 0.5) is 0 Å². The number of benzene rings is 3. The molecule has 0 saturated carbocycles. The predicted octanol–water partition coefficient (Wildman–Crippen LogP) is 6.77. The average Bonchev–Trinajstić information content (AvgIpc) is 2.93. The summed E-state index contributed by atoms with van der Waals surface area (Å²) in [6.07, 6.45) is 0. The van der Waals surface area contributed by atoms with E-state index in [0.29, 0.717) is 0 Å². The zero-order valence-electron chi connectivity index (χ0n) is 23.6. The van der Waals surface area contributed by atoms with Gasteiger partial charge < -0.3 is 19.1 Å². The van der Waals surface area contributed by atoms with E-state index >= 15 is 0 Å². The summed E-state index contributed by atoms with van der Waals surface area (Å²) in [7, 11) is 3.37. The summed E-state index contributed by atoms with van der Waals surface area (Å²) >= 11 is 0. The molecule has 0 saturated heterocycles. The second kappa shape index (κ2) is 13.4. The molecule has 6 heteroatoms. The van der Waals surface area contributed by atoms with E-state index in [1.54, 1.807) is 14.2 Å². The van der Waals surface area contributed by atoms with Crippen molar-refractivity contribution in [3.8, 4) is 23.0 Å². The molecule has 3 aromatic rings. The number of nitrogens with zero attached hydrogens (tertiary/aromatic N) is 2. The van der Waals surface area contributed by atoms with E-state index in [0.717, 1.165) is 65.9 Å². The SMILES string of the molecule is CCN(CC)Oc1ccc(C)c(C(c2cc(ON(CC)CC)ccc2C)c2ccc(OC)cc2OC)c1. The Morgan fingerprint density at radius 3 is 1.43 bits per heavy atom. The monoisotopic (exact) mass is 506 g/mol. The first kappa shape index (κ1) is 28.4. The molecule has 0 atom stereocenters. The molecule has 0 aliphatic heterocycles. The average molecular weight is 507 g/mol. The molecule has 0 aromatic heterocycles. The fourth-order valence-electron chi connectivity index (χ4n) is 4.54. The standard InChI is InChI=1S/C31H42N2O4/c1-9-32(10-2)36-25-15-13-22(5)28(19-25)31(27-18-17-24(34-7)21-30(27)35-8)29-20-26(16-14-23(29)6)37-33(11-3)12-4/h13-21,31H,9-12H2,1-8H3. The Morgan fingerprint density at radius 1 is 0.568 bits per heavy atom. The van der Waals surface area contributed by atoms with Gasteiger partial charge in [0.25, 0.3) is 0 Å². The Labute approximate surface area is 222 Å². The maximum atomic E-state index is 6.21. The minimum atomic E-state index is -0.110. The number of hydrogen-bond acceptors (Lipinski definition) is 6. The van der Waals surface area contributed by atoms with Crippen molar-refractivity contribution in [3.63, 3.8) is 0 Å². The van der Waals surface area contributed by atoms with Crippen molar-refractivity contribution >= 4 is 0 Å². The van der Waals surface area contributed by atoms with Crippen LogP contribution in [0.3, 0.4) is 0 Å². The highest BCUT2D eigenvalue weighted by Gasteiger charge is 2.26. The summed E-state index contributed by atoms with van der Waals surface area (Å²) in [6, 6.07) is 18.7. The summed E-state index contributed by atoms with van der Waals surface area (Å²) in [5.41, 5.74) is 5.69. The van der Waals surface area contributed by atoms with Gasteiger partial charge in [-0.25, -0.2) is 0 Å². The van der Waals surface area contributed by atoms with Crippen molar-refractivity contribution in [2.45, 2.75) is 47.5 Å². The first-order chi connectivity index (χ1) is 17.9. The van der Waals surface area contributed by atoms with Crippen molar-refractivity contribution in [1.29, 1.82) is 0 Å². The highest BCUT2D eigenvalue weighted by atomic mass is 16.7. The highest BCUT2D eigenvalue weighted by Crippen LogP contribution is 2.43. The Balaban J connectivity index is 2.23. The topological polar surface area (TPSA) is 43.4 Å². The van der Waals surface area contributed by atoms with E-state index in [-0.39, 0.29) is 5.92 Å². The molecule has 0 spiro atoms. The number of rotatable bonds is 13. The molecule has 0 radical (unpaired) electrons. The van der Waals surface area contributed by atoms with Crippen LogP contribution in [0.2, 0.25) is 0 Å². The van der Waals surface area contributed by atoms with Crippen LogP contribution in [-0.2, 0) is 0 Å². The van der Waals surface area contributed by atoms with Gasteiger partial charge in [0, 0.05) is 43.7 Å². The van der Waals surface area contributed by atoms with Crippen LogP contribution in [-0.4, -0.2) is 50.5 Å². The Kier molecular flexibility index (Phi) is 10.2. The largest absolute Gasteiger partial charge is 0.497 e. The van der Waals surface area contributed by atoms with E-state index in [9.17, 15) is 0 Å². The first-order valence-corrected chi connectivity index (χ1v) is 13.2. The highest BCUT2D eigenvalue weighted by molar-refractivity contribution is 5.56. The van der Waals surface area contributed by atoms with Crippen LogP contribution < -0.4 is 19.1 Å². The van der Waals surface area contributed by atoms with Crippen LogP contribution in [0.5, 0.6) is 23.0 Å². The normalized spacial score (nSPS) is 11.3. The quantitative estimate of drug-likeness (QED) is 0.188. The van der Waals surface area contributed by atoms with Gasteiger partial charge in [0.05, 0.1) is 14.2 Å². The Hall–Kier alpha value is -3.22. The summed E-state index contributed by atoms with van der Waals surface area (Å²) in [5, 5.41) is 3.89. The van der Waals surface area contributed by atoms with Crippen LogP contribution in [0.15, 0.2) is 54.6 Å². The van der Waals surface area contributed by atoms with Crippen molar-refractivity contribution in [3.05, 3.63) is 82.4 Å². The van der Waals surface area contributed by atoms with Gasteiger partial charge in [0.2, 0.25) is 0 Å². The molecule has 37 heavy (non-hydrogen) atoms. The van der Waals surface area contributed by atoms with E-state index in [4.69, 9.17) is 19.1 Å². The second-order valence-corrected chi connectivity index (χ2v) is 8.99. The van der Waals surface area contributed by atoms with E-state index < -0.39 is 0 Å². The maximum absolute atomic E-state index is 6.21. The molecule has 0 fully saturated rings. The molecule has 0 aliphatic carbocycles. The van der Waals surface area contributed by atoms with Gasteiger partial charge in [-0.2, -0.15) is 0 Å². The third kappa shape index (κ3) is 6.76. The molecule has 200 valence electrons. The lowest BCUT2D eigenvalue weighted by Crippen LogP contribution is -2.27. The van der Waals surface area contributed by atoms with Gasteiger partial charge in [-0.05, 0) is 94.1 Å². The van der Waals surface area contributed by atoms with Gasteiger partial charge in [0.15, 0.2) is 0 Å². The third-order valence-electron chi connectivity index (χ3n) is 6.75. The minimum absolute atomic E-state index is 0.110. The van der Waals surface area contributed by atoms with Gasteiger partial charge in [0.1, 0.15) is 23.0 Å². The molecule has 0 amide bonds. The van der Waals surface area contributed by atoms with E-state index in [1.165, 1.54) is 11.1 Å². The lowest BCUT2D eigenvalue weighted by Gasteiger charge is -2.27. The summed E-state index contributed by atoms with van der Waals surface area (Å²) in [4.78, 5) is 12.4. The van der Waals surface area contributed by atoms with E-state index in [2.05, 4.69) is 71.9 Å². The lowest BCUT2D eigenvalue weighted by atomic mass is 9.80. The third-order valence-corrected chi connectivity index (χ3v) is 6.75. The fraction of sp³-hybridized carbons (Fsp3) is 0.419. The smallest absolute Gasteiger partial charge is 0.147 e. The first-order valence-electron chi connectivity index (χ1n) is 13.2. The predicted molar refractivity (Wildman–Crippen MR) is 150 cm³/mol. The van der Waals surface area contributed by atoms with Crippen molar-refractivity contribution in [1.82, 2.24) is 10.1 Å². The van der Waals surface area contributed by atoms with Crippen molar-refractivity contribution < 1.29 is 19.1 Å². The maximum Gasteiger partial charge on any atom is 0.147 e. The fourth-order valence-corrected chi connectivity index (χ4v) is 4.54. The Bertz CT molecular complexity index is 1090. The number of hydroxylamine groups is 4. The zero-order chi connectivity index (χ0) is 26.9. The van der Waals surface area contributed by atoms with Gasteiger partial charge >= 0.3 is 0 Å². The molecular weight excluding hydrogens is 464 g/mol. The minimum Gasteiger partial charge on any atom is -0.497 e. The molecular formula is C31H42N2O4. The van der Waals surface area contributed by atoms with Crippen molar-refractivity contribution in [2.24, 2.45) is 0 Å². The zero-order valence-corrected chi connectivity index (χ0v) is 23.6. The van der Waals surface area contributed by atoms with Crippen LogP contribution >= 0.6 is 0 Å². The molecule has 0 bridgehead atoms. The number of aryl methyl sites for hydroxylation is 2. The summed E-state index contributed by atoms with van der Waals surface area (Å²) in [5.74, 6) is 3.05.